The Morgan fingerprint density at radius 3 is 1.89 bits per heavy atom. The fourth-order valence-electron chi connectivity index (χ4n) is 3.77. The van der Waals surface area contributed by atoms with E-state index in [0.29, 0.717) is 0 Å². The summed E-state index contributed by atoms with van der Waals surface area (Å²) >= 11 is 0. The predicted molar refractivity (Wildman–Crippen MR) is 114 cm³/mol. The molecule has 0 fully saturated rings. The van der Waals surface area contributed by atoms with Crippen molar-refractivity contribution in [3.05, 3.63) is 114 Å². The predicted octanol–water partition coefficient (Wildman–Crippen LogP) is 4.15. The number of allylic oxidation sites excluding steroid dienone is 2. The van der Waals surface area contributed by atoms with Crippen LogP contribution < -0.4 is 17.2 Å². The van der Waals surface area contributed by atoms with Crippen LogP contribution in [-0.4, -0.2) is 5.66 Å². The van der Waals surface area contributed by atoms with E-state index in [1.54, 1.807) is 0 Å². The van der Waals surface area contributed by atoms with E-state index in [9.17, 15) is 0 Å². The van der Waals surface area contributed by atoms with Gasteiger partial charge in [-0.3, -0.25) is 0 Å². The summed E-state index contributed by atoms with van der Waals surface area (Å²) in [5.41, 5.74) is 24.4. The average molecular weight is 353 g/mol. The van der Waals surface area contributed by atoms with Gasteiger partial charge in [0.1, 0.15) is 0 Å². The Bertz CT molecular complexity index is 985. The van der Waals surface area contributed by atoms with Gasteiger partial charge in [0, 0.05) is 11.6 Å². The molecule has 0 spiro atoms. The maximum Gasteiger partial charge on any atom is 0.0944 e. The SMILES string of the molecule is Nc1ccc(C2=C(c3ccccc3)C(c3ccccc3)C(N)(N)C=C2)cc1. The van der Waals surface area contributed by atoms with Crippen LogP contribution in [0.3, 0.4) is 0 Å². The van der Waals surface area contributed by atoms with Gasteiger partial charge in [0.15, 0.2) is 0 Å². The Balaban J connectivity index is 2.00. The molecular weight excluding hydrogens is 330 g/mol. The minimum absolute atomic E-state index is 0.168. The Kier molecular flexibility index (Phi) is 4.40. The van der Waals surface area contributed by atoms with Crippen molar-refractivity contribution in [1.82, 2.24) is 0 Å². The van der Waals surface area contributed by atoms with E-state index >= 15 is 0 Å². The number of nitrogen functional groups attached to an aromatic ring is 1. The molecule has 3 aromatic carbocycles. The molecule has 1 unspecified atom stereocenters. The summed E-state index contributed by atoms with van der Waals surface area (Å²) in [6.45, 7) is 0. The third-order valence-electron chi connectivity index (χ3n) is 5.06. The number of rotatable bonds is 3. The maximum absolute atomic E-state index is 6.58. The Morgan fingerprint density at radius 1 is 0.667 bits per heavy atom. The highest BCUT2D eigenvalue weighted by Gasteiger charge is 2.37. The first-order valence-corrected chi connectivity index (χ1v) is 9.04. The Labute approximate surface area is 159 Å². The minimum atomic E-state index is -0.982. The molecule has 1 atom stereocenters. The van der Waals surface area contributed by atoms with E-state index in [-0.39, 0.29) is 5.92 Å². The second-order valence-electron chi connectivity index (χ2n) is 6.99. The lowest BCUT2D eigenvalue weighted by Gasteiger charge is -2.38. The highest BCUT2D eigenvalue weighted by Crippen LogP contribution is 2.45. The zero-order valence-corrected chi connectivity index (χ0v) is 15.0. The number of hydrogen-bond acceptors (Lipinski definition) is 3. The quantitative estimate of drug-likeness (QED) is 0.489. The average Bonchev–Trinajstić information content (AvgIpc) is 2.69. The standard InChI is InChI=1S/C24H23N3/c25-20-13-11-17(12-14-20)21-15-16-24(26,27)23(19-9-5-2-6-10-19)22(21)18-7-3-1-4-8-18/h1-16,23H,25-27H2. The van der Waals surface area contributed by atoms with Crippen molar-refractivity contribution < 1.29 is 0 Å². The Hall–Kier alpha value is -3.14. The van der Waals surface area contributed by atoms with Gasteiger partial charge in [0.2, 0.25) is 0 Å². The van der Waals surface area contributed by atoms with Crippen LogP contribution in [-0.2, 0) is 0 Å². The second-order valence-corrected chi connectivity index (χ2v) is 6.99. The summed E-state index contributed by atoms with van der Waals surface area (Å²) in [6.07, 6.45) is 3.94. The van der Waals surface area contributed by atoms with Crippen LogP contribution in [0.5, 0.6) is 0 Å². The van der Waals surface area contributed by atoms with Gasteiger partial charge in [-0.1, -0.05) is 78.9 Å². The first-order valence-electron chi connectivity index (χ1n) is 9.04. The van der Waals surface area contributed by atoms with Crippen LogP contribution >= 0.6 is 0 Å². The molecule has 1 aliphatic rings. The molecule has 1 aliphatic carbocycles. The van der Waals surface area contributed by atoms with Gasteiger partial charge in [-0.2, -0.15) is 0 Å². The molecule has 4 rings (SSSR count). The van der Waals surface area contributed by atoms with Crippen molar-refractivity contribution in [3.8, 4) is 0 Å². The van der Waals surface area contributed by atoms with Gasteiger partial charge in [-0.25, -0.2) is 0 Å². The van der Waals surface area contributed by atoms with Gasteiger partial charge >= 0.3 is 0 Å². The third kappa shape index (κ3) is 3.31. The normalized spacial score (nSPS) is 18.5. The molecule has 0 saturated carbocycles. The molecule has 0 saturated heterocycles. The van der Waals surface area contributed by atoms with Crippen molar-refractivity contribution in [1.29, 1.82) is 0 Å². The summed E-state index contributed by atoms with van der Waals surface area (Å²) in [5.74, 6) is -0.168. The van der Waals surface area contributed by atoms with E-state index in [4.69, 9.17) is 17.2 Å². The van der Waals surface area contributed by atoms with Crippen LogP contribution in [0.4, 0.5) is 5.69 Å². The molecule has 0 aliphatic heterocycles. The third-order valence-corrected chi connectivity index (χ3v) is 5.06. The summed E-state index contributed by atoms with van der Waals surface area (Å²) in [6, 6.07) is 28.5. The van der Waals surface area contributed by atoms with Crippen LogP contribution in [0.1, 0.15) is 22.6 Å². The summed E-state index contributed by atoms with van der Waals surface area (Å²) in [4.78, 5) is 0. The highest BCUT2D eigenvalue weighted by atomic mass is 15.0. The van der Waals surface area contributed by atoms with Crippen LogP contribution in [0.15, 0.2) is 97.1 Å². The molecule has 3 heteroatoms. The van der Waals surface area contributed by atoms with E-state index in [1.807, 2.05) is 72.8 Å². The molecule has 0 aromatic heterocycles. The van der Waals surface area contributed by atoms with Gasteiger partial charge < -0.3 is 17.2 Å². The largest absolute Gasteiger partial charge is 0.399 e. The zero-order chi connectivity index (χ0) is 18.9. The van der Waals surface area contributed by atoms with Gasteiger partial charge in [-0.05, 0) is 46.0 Å². The molecule has 0 radical (unpaired) electrons. The van der Waals surface area contributed by atoms with Crippen molar-refractivity contribution in [3.63, 3.8) is 0 Å². The lowest BCUT2D eigenvalue weighted by Crippen LogP contribution is -2.54. The fraction of sp³-hybridized carbons (Fsp3) is 0.0833. The molecular formula is C24H23N3. The highest BCUT2D eigenvalue weighted by molar-refractivity contribution is 6.00. The number of nitrogens with two attached hydrogens (primary N) is 3. The van der Waals surface area contributed by atoms with E-state index in [1.165, 1.54) is 0 Å². The monoisotopic (exact) mass is 353 g/mol. The van der Waals surface area contributed by atoms with Crippen LogP contribution in [0, 0.1) is 0 Å². The van der Waals surface area contributed by atoms with Crippen molar-refractivity contribution in [2.75, 3.05) is 5.73 Å². The molecule has 3 aromatic rings. The number of anilines is 1. The minimum Gasteiger partial charge on any atom is -0.399 e. The molecule has 0 amide bonds. The van der Waals surface area contributed by atoms with Gasteiger partial charge in [-0.15, -0.1) is 0 Å². The van der Waals surface area contributed by atoms with Crippen molar-refractivity contribution >= 4 is 16.8 Å². The fourth-order valence-corrected chi connectivity index (χ4v) is 3.77. The molecule has 6 N–H and O–H groups in total. The van der Waals surface area contributed by atoms with Crippen LogP contribution in [0.2, 0.25) is 0 Å². The number of hydrogen-bond donors (Lipinski definition) is 3. The molecule has 27 heavy (non-hydrogen) atoms. The summed E-state index contributed by atoms with van der Waals surface area (Å²) in [5, 5.41) is 0. The van der Waals surface area contributed by atoms with Gasteiger partial charge in [0.25, 0.3) is 0 Å². The van der Waals surface area contributed by atoms with Crippen LogP contribution in [0.25, 0.3) is 11.1 Å². The molecule has 3 nitrogen and oxygen atoms in total. The number of benzene rings is 3. The first kappa shape index (κ1) is 17.3. The topological polar surface area (TPSA) is 78.1 Å². The second kappa shape index (κ2) is 6.88. The zero-order valence-electron chi connectivity index (χ0n) is 15.0. The van der Waals surface area contributed by atoms with E-state index in [2.05, 4.69) is 24.3 Å². The lowest BCUT2D eigenvalue weighted by molar-refractivity contribution is 0.503. The van der Waals surface area contributed by atoms with Crippen molar-refractivity contribution in [2.45, 2.75) is 11.6 Å². The summed E-state index contributed by atoms with van der Waals surface area (Å²) in [7, 11) is 0. The first-order chi connectivity index (χ1) is 13.1. The molecule has 0 heterocycles. The van der Waals surface area contributed by atoms with E-state index < -0.39 is 5.66 Å². The lowest BCUT2D eigenvalue weighted by atomic mass is 9.72. The molecule has 134 valence electrons. The Morgan fingerprint density at radius 2 is 1.26 bits per heavy atom. The van der Waals surface area contributed by atoms with Gasteiger partial charge in [0.05, 0.1) is 5.66 Å². The smallest absolute Gasteiger partial charge is 0.0944 e. The maximum atomic E-state index is 6.58. The molecule has 0 bridgehead atoms. The van der Waals surface area contributed by atoms with Crippen molar-refractivity contribution in [2.24, 2.45) is 11.5 Å². The van der Waals surface area contributed by atoms with E-state index in [0.717, 1.165) is 33.5 Å². The summed E-state index contributed by atoms with van der Waals surface area (Å²) < 4.78 is 0.